The molecule has 7 nitrogen and oxygen atoms in total. The number of rotatable bonds is 6. The minimum Gasteiger partial charge on any atom is -0.497 e. The molecule has 7 heteroatoms. The molecular formula is C23H17N3O4. The summed E-state index contributed by atoms with van der Waals surface area (Å²) in [5.41, 5.74) is 3.48. The zero-order valence-electron chi connectivity index (χ0n) is 16.1. The van der Waals surface area contributed by atoms with Crippen LogP contribution in [0.25, 0.3) is 28.6 Å². The van der Waals surface area contributed by atoms with Gasteiger partial charge in [0, 0.05) is 17.8 Å². The number of oxazole rings is 1. The molecule has 0 unspecified atom stereocenters. The van der Waals surface area contributed by atoms with E-state index < -0.39 is 4.92 Å². The fourth-order valence-electron chi connectivity index (χ4n) is 2.92. The number of hydrogen-bond donors (Lipinski definition) is 0. The molecule has 3 aromatic carbocycles. The second kappa shape index (κ2) is 8.40. The van der Waals surface area contributed by atoms with Gasteiger partial charge < -0.3 is 9.15 Å². The van der Waals surface area contributed by atoms with Crippen LogP contribution in [-0.4, -0.2) is 23.2 Å². The summed E-state index contributed by atoms with van der Waals surface area (Å²) < 4.78 is 11.0. The third kappa shape index (κ3) is 4.10. The molecule has 0 aliphatic carbocycles. The highest BCUT2D eigenvalue weighted by atomic mass is 16.6. The van der Waals surface area contributed by atoms with Crippen LogP contribution in [-0.2, 0) is 0 Å². The largest absolute Gasteiger partial charge is 0.497 e. The topological polar surface area (TPSA) is 90.8 Å². The van der Waals surface area contributed by atoms with Gasteiger partial charge in [-0.15, -0.1) is 0 Å². The third-order valence-electron chi connectivity index (χ3n) is 4.43. The van der Waals surface area contributed by atoms with E-state index in [0.29, 0.717) is 28.2 Å². The Morgan fingerprint density at radius 1 is 1.10 bits per heavy atom. The van der Waals surface area contributed by atoms with E-state index in [1.807, 2.05) is 42.5 Å². The number of ether oxygens (including phenoxy) is 1. The predicted octanol–water partition coefficient (Wildman–Crippen LogP) is 5.83. The van der Waals surface area contributed by atoms with Crippen LogP contribution in [0.1, 0.15) is 5.56 Å². The molecule has 30 heavy (non-hydrogen) atoms. The molecule has 0 aliphatic heterocycles. The maximum absolute atomic E-state index is 11.1. The number of nitro groups is 1. The van der Waals surface area contributed by atoms with E-state index in [1.54, 1.807) is 43.7 Å². The van der Waals surface area contributed by atoms with Gasteiger partial charge in [0.1, 0.15) is 11.3 Å². The van der Waals surface area contributed by atoms with E-state index in [1.165, 1.54) is 6.07 Å². The molecule has 0 bridgehead atoms. The molecule has 0 aliphatic rings. The molecule has 4 aromatic rings. The molecule has 0 fully saturated rings. The van der Waals surface area contributed by atoms with Crippen LogP contribution < -0.4 is 4.74 Å². The highest BCUT2D eigenvalue weighted by Crippen LogP contribution is 2.28. The van der Waals surface area contributed by atoms with Crippen molar-refractivity contribution in [2.75, 3.05) is 7.11 Å². The van der Waals surface area contributed by atoms with Crippen LogP contribution in [0.4, 0.5) is 11.4 Å². The average Bonchev–Trinajstić information content (AvgIpc) is 3.20. The number of benzene rings is 3. The van der Waals surface area contributed by atoms with Gasteiger partial charge in [-0.1, -0.05) is 12.1 Å². The number of nitro benzene ring substituents is 1. The second-order valence-electron chi connectivity index (χ2n) is 6.35. The molecule has 1 aromatic heterocycles. The van der Waals surface area contributed by atoms with Crippen LogP contribution in [0.5, 0.6) is 5.75 Å². The van der Waals surface area contributed by atoms with Crippen molar-refractivity contribution in [3.05, 3.63) is 88.5 Å². The molecule has 4 rings (SSSR count). The van der Waals surface area contributed by atoms with Crippen LogP contribution in [0.15, 0.2) is 82.2 Å². The first-order valence-corrected chi connectivity index (χ1v) is 9.13. The van der Waals surface area contributed by atoms with E-state index in [9.17, 15) is 10.1 Å². The predicted molar refractivity (Wildman–Crippen MR) is 116 cm³/mol. The maximum Gasteiger partial charge on any atom is 0.276 e. The zero-order chi connectivity index (χ0) is 20.9. The van der Waals surface area contributed by atoms with E-state index in [-0.39, 0.29) is 5.69 Å². The van der Waals surface area contributed by atoms with Crippen LogP contribution >= 0.6 is 0 Å². The number of fused-ring (bicyclic) bond motifs is 1. The molecule has 0 atom stereocenters. The fraction of sp³-hybridized carbons (Fsp3) is 0.0435. The lowest BCUT2D eigenvalue weighted by Gasteiger charge is -1.99. The lowest BCUT2D eigenvalue weighted by molar-refractivity contribution is -0.385. The average molecular weight is 399 g/mol. The van der Waals surface area contributed by atoms with Gasteiger partial charge in [-0.2, -0.15) is 0 Å². The number of hydrogen-bond acceptors (Lipinski definition) is 6. The summed E-state index contributed by atoms with van der Waals surface area (Å²) >= 11 is 0. The van der Waals surface area contributed by atoms with Crippen LogP contribution in [0.2, 0.25) is 0 Å². The summed E-state index contributed by atoms with van der Waals surface area (Å²) in [6, 6.07) is 19.5. The van der Waals surface area contributed by atoms with Gasteiger partial charge in [0.2, 0.25) is 5.89 Å². The quantitative estimate of drug-likeness (QED) is 0.231. The van der Waals surface area contributed by atoms with Gasteiger partial charge >= 0.3 is 0 Å². The van der Waals surface area contributed by atoms with Gasteiger partial charge in [0.05, 0.1) is 23.3 Å². The molecule has 1 heterocycles. The molecule has 0 saturated carbocycles. The molecule has 148 valence electrons. The number of aliphatic imine (C=N–C) groups is 1. The Balaban J connectivity index is 1.53. The van der Waals surface area contributed by atoms with E-state index in [0.717, 1.165) is 11.3 Å². The summed E-state index contributed by atoms with van der Waals surface area (Å²) in [6.07, 6.45) is 4.90. The second-order valence-corrected chi connectivity index (χ2v) is 6.35. The highest BCUT2D eigenvalue weighted by molar-refractivity contribution is 5.84. The number of aromatic nitrogens is 1. The van der Waals surface area contributed by atoms with E-state index in [2.05, 4.69) is 9.98 Å². The van der Waals surface area contributed by atoms with Gasteiger partial charge in [-0.3, -0.25) is 15.1 Å². The molecule has 0 saturated heterocycles. The molecule has 0 spiro atoms. The number of para-hydroxylation sites is 1. The summed E-state index contributed by atoms with van der Waals surface area (Å²) in [5.74, 6) is 1.28. The standard InChI is InChI=1S/C23H17N3O4/c1-29-19-11-8-17(9-12-19)23-25-20-15-18(10-13-22(20)30-23)24-14-4-6-16-5-2-3-7-21(16)26(27)28/h2-15H,1H3. The summed E-state index contributed by atoms with van der Waals surface area (Å²) in [5, 5.41) is 11.1. The SMILES string of the molecule is COc1ccc(-c2nc3cc(N=CC=Cc4ccccc4[N+](=O)[O-])ccc3o2)cc1. The first kappa shape index (κ1) is 19.1. The van der Waals surface area contributed by atoms with Crippen molar-refractivity contribution in [3.63, 3.8) is 0 Å². The smallest absolute Gasteiger partial charge is 0.276 e. The number of allylic oxidation sites excluding steroid dienone is 1. The Bertz CT molecular complexity index is 1260. The molecule has 0 radical (unpaired) electrons. The van der Waals surface area contributed by atoms with Crippen molar-refractivity contribution < 1.29 is 14.1 Å². The zero-order valence-corrected chi connectivity index (χ0v) is 16.1. The molecule has 0 N–H and O–H groups in total. The highest BCUT2D eigenvalue weighted by Gasteiger charge is 2.10. The van der Waals surface area contributed by atoms with Crippen molar-refractivity contribution in [2.24, 2.45) is 4.99 Å². The Morgan fingerprint density at radius 3 is 2.67 bits per heavy atom. The van der Waals surface area contributed by atoms with Crippen molar-refractivity contribution in [1.29, 1.82) is 0 Å². The lowest BCUT2D eigenvalue weighted by atomic mass is 10.1. The van der Waals surface area contributed by atoms with Crippen molar-refractivity contribution in [1.82, 2.24) is 4.98 Å². The lowest BCUT2D eigenvalue weighted by Crippen LogP contribution is -1.90. The first-order chi connectivity index (χ1) is 14.6. The Labute approximate surface area is 172 Å². The van der Waals surface area contributed by atoms with Crippen LogP contribution in [0, 0.1) is 10.1 Å². The van der Waals surface area contributed by atoms with Crippen molar-refractivity contribution in [2.45, 2.75) is 0 Å². The number of nitrogens with zero attached hydrogens (tertiary/aromatic N) is 3. The minimum atomic E-state index is -0.407. The third-order valence-corrected chi connectivity index (χ3v) is 4.43. The van der Waals surface area contributed by atoms with E-state index in [4.69, 9.17) is 9.15 Å². The summed E-state index contributed by atoms with van der Waals surface area (Å²) in [4.78, 5) is 19.5. The van der Waals surface area contributed by atoms with E-state index >= 15 is 0 Å². The minimum absolute atomic E-state index is 0.0530. The normalized spacial score (nSPS) is 11.5. The molecule has 0 amide bonds. The summed E-state index contributed by atoms with van der Waals surface area (Å²) in [7, 11) is 1.62. The monoisotopic (exact) mass is 399 g/mol. The Morgan fingerprint density at radius 2 is 1.90 bits per heavy atom. The van der Waals surface area contributed by atoms with Gasteiger partial charge in [0.15, 0.2) is 5.58 Å². The van der Waals surface area contributed by atoms with Crippen molar-refractivity contribution >= 4 is 34.8 Å². The van der Waals surface area contributed by atoms with Gasteiger partial charge in [-0.05, 0) is 60.7 Å². The molecular weight excluding hydrogens is 382 g/mol. The maximum atomic E-state index is 11.1. The Hall–Kier alpha value is -4.26. The number of methoxy groups -OCH3 is 1. The van der Waals surface area contributed by atoms with Crippen LogP contribution in [0.3, 0.4) is 0 Å². The Kier molecular flexibility index (Phi) is 5.34. The summed E-state index contributed by atoms with van der Waals surface area (Å²) in [6.45, 7) is 0. The first-order valence-electron chi connectivity index (χ1n) is 9.13. The van der Waals surface area contributed by atoms with Gasteiger partial charge in [-0.25, -0.2) is 4.98 Å². The van der Waals surface area contributed by atoms with Gasteiger partial charge in [0.25, 0.3) is 5.69 Å². The fourth-order valence-corrected chi connectivity index (χ4v) is 2.92. The van der Waals surface area contributed by atoms with Crippen molar-refractivity contribution in [3.8, 4) is 17.2 Å².